The van der Waals surface area contributed by atoms with E-state index in [9.17, 15) is 15.0 Å². The fourth-order valence-corrected chi connectivity index (χ4v) is 2.20. The maximum atomic E-state index is 11.8. The van der Waals surface area contributed by atoms with Gasteiger partial charge in [-0.2, -0.15) is 0 Å². The molecule has 0 aliphatic heterocycles. The fourth-order valence-electron chi connectivity index (χ4n) is 2.20. The number of phenolic OH excluding ortho intramolecular Hbond substituents is 1. The molecular formula is C13H17NO3. The second kappa shape index (κ2) is 4.75. The molecule has 0 saturated heterocycles. The standard InChI is InChI=1S/C13H17NO3/c15-11-5-3-4-10(8-11)12(16)14-9-13(17)6-1-2-7-13/h3-5,8,15,17H,1-2,6-7,9H2,(H,14,16). The van der Waals surface area contributed by atoms with Crippen LogP contribution in [-0.4, -0.2) is 28.3 Å². The number of phenols is 1. The summed E-state index contributed by atoms with van der Waals surface area (Å²) in [6.45, 7) is 0.279. The van der Waals surface area contributed by atoms with E-state index in [0.29, 0.717) is 5.56 Å². The monoisotopic (exact) mass is 235 g/mol. The SMILES string of the molecule is O=C(NCC1(O)CCCC1)c1cccc(O)c1. The zero-order chi connectivity index (χ0) is 12.3. The van der Waals surface area contributed by atoms with E-state index in [-0.39, 0.29) is 18.2 Å². The van der Waals surface area contributed by atoms with Crippen molar-refractivity contribution in [2.75, 3.05) is 6.54 Å². The minimum absolute atomic E-state index is 0.0669. The molecule has 1 fully saturated rings. The van der Waals surface area contributed by atoms with Crippen molar-refractivity contribution in [2.24, 2.45) is 0 Å². The van der Waals surface area contributed by atoms with E-state index in [4.69, 9.17) is 0 Å². The minimum Gasteiger partial charge on any atom is -0.508 e. The number of benzene rings is 1. The number of hydrogen-bond acceptors (Lipinski definition) is 3. The van der Waals surface area contributed by atoms with Crippen LogP contribution in [0.1, 0.15) is 36.0 Å². The first kappa shape index (κ1) is 11.9. The van der Waals surface area contributed by atoms with Crippen molar-refractivity contribution < 1.29 is 15.0 Å². The summed E-state index contributed by atoms with van der Waals surface area (Å²) in [5.74, 6) is -0.196. The highest BCUT2D eigenvalue weighted by Crippen LogP contribution is 2.28. The number of rotatable bonds is 3. The van der Waals surface area contributed by atoms with E-state index < -0.39 is 5.60 Å². The molecule has 0 aromatic heterocycles. The van der Waals surface area contributed by atoms with E-state index in [1.807, 2.05) is 0 Å². The quantitative estimate of drug-likeness (QED) is 0.742. The van der Waals surface area contributed by atoms with Crippen LogP contribution in [0.4, 0.5) is 0 Å². The molecule has 0 atom stereocenters. The second-order valence-electron chi connectivity index (χ2n) is 4.66. The lowest BCUT2D eigenvalue weighted by Crippen LogP contribution is -2.40. The van der Waals surface area contributed by atoms with Crippen LogP contribution in [0.15, 0.2) is 24.3 Å². The summed E-state index contributed by atoms with van der Waals surface area (Å²) in [6, 6.07) is 6.18. The third kappa shape index (κ3) is 2.97. The van der Waals surface area contributed by atoms with E-state index in [1.54, 1.807) is 12.1 Å². The first-order valence-electron chi connectivity index (χ1n) is 5.89. The molecule has 1 aliphatic carbocycles. The highest BCUT2D eigenvalue weighted by molar-refractivity contribution is 5.94. The van der Waals surface area contributed by atoms with Gasteiger partial charge < -0.3 is 15.5 Å². The average molecular weight is 235 g/mol. The molecule has 0 spiro atoms. The maximum absolute atomic E-state index is 11.8. The second-order valence-corrected chi connectivity index (χ2v) is 4.66. The van der Waals surface area contributed by atoms with E-state index >= 15 is 0 Å². The van der Waals surface area contributed by atoms with E-state index in [0.717, 1.165) is 25.7 Å². The number of nitrogens with one attached hydrogen (secondary N) is 1. The summed E-state index contributed by atoms with van der Waals surface area (Å²) >= 11 is 0. The van der Waals surface area contributed by atoms with Crippen LogP contribution in [0.25, 0.3) is 0 Å². The molecule has 0 unspecified atom stereocenters. The first-order valence-corrected chi connectivity index (χ1v) is 5.89. The molecule has 3 N–H and O–H groups in total. The lowest BCUT2D eigenvalue weighted by atomic mass is 10.0. The van der Waals surface area contributed by atoms with E-state index in [2.05, 4.69) is 5.32 Å². The van der Waals surface area contributed by atoms with Gasteiger partial charge in [-0.3, -0.25) is 4.79 Å². The van der Waals surface area contributed by atoms with Gasteiger partial charge in [-0.05, 0) is 31.0 Å². The normalized spacial score (nSPS) is 17.9. The maximum Gasteiger partial charge on any atom is 0.251 e. The predicted molar refractivity (Wildman–Crippen MR) is 63.9 cm³/mol. The third-order valence-corrected chi connectivity index (χ3v) is 3.22. The van der Waals surface area contributed by atoms with Crippen molar-refractivity contribution in [3.8, 4) is 5.75 Å². The Labute approximate surface area is 100 Å². The molecule has 17 heavy (non-hydrogen) atoms. The molecule has 1 amide bonds. The molecule has 1 aliphatic rings. The van der Waals surface area contributed by atoms with Crippen molar-refractivity contribution in [2.45, 2.75) is 31.3 Å². The minimum atomic E-state index is -0.744. The molecule has 92 valence electrons. The van der Waals surface area contributed by atoms with E-state index in [1.165, 1.54) is 12.1 Å². The average Bonchev–Trinajstić information content (AvgIpc) is 2.74. The van der Waals surface area contributed by atoms with Gasteiger partial charge in [-0.25, -0.2) is 0 Å². The van der Waals surface area contributed by atoms with Gasteiger partial charge >= 0.3 is 0 Å². The summed E-state index contributed by atoms with van der Waals surface area (Å²) in [5, 5.41) is 22.0. The van der Waals surface area contributed by atoms with Crippen LogP contribution in [0.2, 0.25) is 0 Å². The predicted octanol–water partition coefficient (Wildman–Crippen LogP) is 1.43. The zero-order valence-corrected chi connectivity index (χ0v) is 9.65. The summed E-state index contributed by atoms with van der Waals surface area (Å²) in [4.78, 5) is 11.8. The molecule has 2 rings (SSSR count). The van der Waals surface area contributed by atoms with Gasteiger partial charge in [0.05, 0.1) is 5.60 Å². The van der Waals surface area contributed by atoms with Crippen molar-refractivity contribution in [3.63, 3.8) is 0 Å². The summed E-state index contributed by atoms with van der Waals surface area (Å²) in [7, 11) is 0. The van der Waals surface area contributed by atoms with Crippen molar-refractivity contribution in [3.05, 3.63) is 29.8 Å². The Morgan fingerprint density at radius 2 is 2.06 bits per heavy atom. The van der Waals surface area contributed by atoms with Gasteiger partial charge in [0.1, 0.15) is 5.75 Å². The molecule has 0 radical (unpaired) electrons. The third-order valence-electron chi connectivity index (χ3n) is 3.22. The fraction of sp³-hybridized carbons (Fsp3) is 0.462. The number of aliphatic hydroxyl groups is 1. The van der Waals surface area contributed by atoms with Crippen LogP contribution in [-0.2, 0) is 0 Å². The Morgan fingerprint density at radius 1 is 1.35 bits per heavy atom. The smallest absolute Gasteiger partial charge is 0.251 e. The van der Waals surface area contributed by atoms with Gasteiger partial charge in [0, 0.05) is 12.1 Å². The van der Waals surface area contributed by atoms with Crippen LogP contribution in [0, 0.1) is 0 Å². The van der Waals surface area contributed by atoms with Crippen LogP contribution in [0.3, 0.4) is 0 Å². The Kier molecular flexibility index (Phi) is 3.33. The van der Waals surface area contributed by atoms with Crippen molar-refractivity contribution in [1.29, 1.82) is 0 Å². The van der Waals surface area contributed by atoms with Crippen LogP contribution >= 0.6 is 0 Å². The number of hydrogen-bond donors (Lipinski definition) is 3. The number of aromatic hydroxyl groups is 1. The van der Waals surface area contributed by atoms with Crippen molar-refractivity contribution in [1.82, 2.24) is 5.32 Å². The molecule has 1 saturated carbocycles. The highest BCUT2D eigenvalue weighted by atomic mass is 16.3. The molecule has 0 heterocycles. The Hall–Kier alpha value is -1.55. The molecule has 4 nitrogen and oxygen atoms in total. The van der Waals surface area contributed by atoms with Crippen molar-refractivity contribution >= 4 is 5.91 Å². The van der Waals surface area contributed by atoms with Gasteiger partial charge in [0.25, 0.3) is 5.91 Å². The molecule has 1 aromatic rings. The van der Waals surface area contributed by atoms with Crippen LogP contribution in [0.5, 0.6) is 5.75 Å². The van der Waals surface area contributed by atoms with Gasteiger partial charge in [-0.1, -0.05) is 18.9 Å². The molecule has 1 aromatic carbocycles. The Bertz CT molecular complexity index is 411. The molecule has 4 heteroatoms. The molecular weight excluding hydrogens is 218 g/mol. The molecule has 0 bridgehead atoms. The lowest BCUT2D eigenvalue weighted by Gasteiger charge is -2.22. The summed E-state index contributed by atoms with van der Waals surface area (Å²) < 4.78 is 0. The summed E-state index contributed by atoms with van der Waals surface area (Å²) in [5.41, 5.74) is -0.335. The Morgan fingerprint density at radius 3 is 2.71 bits per heavy atom. The topological polar surface area (TPSA) is 69.6 Å². The number of carbonyl (C=O) groups is 1. The summed E-state index contributed by atoms with van der Waals surface area (Å²) in [6.07, 6.45) is 3.51. The zero-order valence-electron chi connectivity index (χ0n) is 9.65. The highest BCUT2D eigenvalue weighted by Gasteiger charge is 2.31. The van der Waals surface area contributed by atoms with Gasteiger partial charge in [0.15, 0.2) is 0 Å². The van der Waals surface area contributed by atoms with Crippen LogP contribution < -0.4 is 5.32 Å². The lowest BCUT2D eigenvalue weighted by molar-refractivity contribution is 0.0449. The largest absolute Gasteiger partial charge is 0.508 e. The number of amides is 1. The van der Waals surface area contributed by atoms with Gasteiger partial charge in [0.2, 0.25) is 0 Å². The number of carbonyl (C=O) groups excluding carboxylic acids is 1. The Balaban J connectivity index is 1.93. The first-order chi connectivity index (χ1) is 8.09. The van der Waals surface area contributed by atoms with Gasteiger partial charge in [-0.15, -0.1) is 0 Å².